The Morgan fingerprint density at radius 3 is 2.35 bits per heavy atom. The van der Waals surface area contributed by atoms with E-state index >= 15 is 0 Å². The number of carbonyl (C=O) groups is 2. The van der Waals surface area contributed by atoms with Crippen molar-refractivity contribution in [3.63, 3.8) is 0 Å². The van der Waals surface area contributed by atoms with Crippen LogP contribution in [-0.2, 0) is 11.2 Å². The summed E-state index contributed by atoms with van der Waals surface area (Å²) < 4.78 is 0. The van der Waals surface area contributed by atoms with E-state index in [9.17, 15) is 9.59 Å². The Morgan fingerprint density at radius 2 is 1.68 bits per heavy atom. The highest BCUT2D eigenvalue weighted by molar-refractivity contribution is 5.97. The van der Waals surface area contributed by atoms with E-state index in [1.54, 1.807) is 40.3 Å². The van der Waals surface area contributed by atoms with E-state index < -0.39 is 6.04 Å². The van der Waals surface area contributed by atoms with E-state index in [2.05, 4.69) is 35.8 Å². The van der Waals surface area contributed by atoms with Crippen molar-refractivity contribution in [2.24, 2.45) is 0 Å². The molecule has 0 unspecified atom stereocenters. The van der Waals surface area contributed by atoms with Crippen LogP contribution in [0.4, 0.5) is 0 Å². The van der Waals surface area contributed by atoms with Crippen LogP contribution in [0.3, 0.4) is 0 Å². The minimum atomic E-state index is -0.564. The average molecular weight is 412 g/mol. The molecule has 1 saturated heterocycles. The molecule has 1 aliphatic heterocycles. The summed E-state index contributed by atoms with van der Waals surface area (Å²) in [6.07, 6.45) is 3.78. The summed E-state index contributed by atoms with van der Waals surface area (Å²) >= 11 is 0. The molecule has 0 N–H and O–H groups in total. The first-order valence-electron chi connectivity index (χ1n) is 10.4. The monoisotopic (exact) mass is 411 g/mol. The number of benzene rings is 2. The number of aromatic nitrogens is 1. The van der Waals surface area contributed by atoms with Crippen LogP contribution in [0.2, 0.25) is 0 Å². The molecule has 4 rings (SSSR count). The summed E-state index contributed by atoms with van der Waals surface area (Å²) in [5.41, 5.74) is 3.63. The molecule has 3 aromatic rings. The van der Waals surface area contributed by atoms with Crippen molar-refractivity contribution in [1.82, 2.24) is 14.8 Å². The Morgan fingerprint density at radius 1 is 0.968 bits per heavy atom. The Balaban J connectivity index is 1.58. The number of hydrogen-bond donors (Lipinski definition) is 0. The Hall–Kier alpha value is -3.73. The fraction of sp³-hybridized carbons (Fsp3) is 0.192. The molecule has 1 fully saturated rings. The number of piperazine rings is 1. The van der Waals surface area contributed by atoms with E-state index in [0.717, 1.165) is 16.7 Å². The highest BCUT2D eigenvalue weighted by atomic mass is 16.2. The Labute approximate surface area is 182 Å². The highest BCUT2D eigenvalue weighted by Crippen LogP contribution is 2.22. The second-order valence-corrected chi connectivity index (χ2v) is 7.57. The molecular formula is C26H25N3O2. The molecule has 5 nitrogen and oxygen atoms in total. The predicted octanol–water partition coefficient (Wildman–Crippen LogP) is 3.83. The van der Waals surface area contributed by atoms with Gasteiger partial charge in [-0.25, -0.2) is 0 Å². The maximum absolute atomic E-state index is 13.2. The van der Waals surface area contributed by atoms with Crippen LogP contribution in [-0.4, -0.2) is 52.3 Å². The summed E-state index contributed by atoms with van der Waals surface area (Å²) in [7, 11) is 0. The van der Waals surface area contributed by atoms with Gasteiger partial charge in [0.05, 0.1) is 0 Å². The fourth-order valence-corrected chi connectivity index (χ4v) is 3.94. The molecule has 5 heteroatoms. The Bertz CT molecular complexity index is 1050. The summed E-state index contributed by atoms with van der Waals surface area (Å²) in [4.78, 5) is 34.0. The van der Waals surface area contributed by atoms with Crippen LogP contribution in [0.1, 0.15) is 16.1 Å². The van der Waals surface area contributed by atoms with E-state index in [4.69, 9.17) is 0 Å². The van der Waals surface area contributed by atoms with Gasteiger partial charge < -0.3 is 9.80 Å². The fourth-order valence-electron chi connectivity index (χ4n) is 3.94. The van der Waals surface area contributed by atoms with Gasteiger partial charge in [-0.3, -0.25) is 14.6 Å². The lowest BCUT2D eigenvalue weighted by molar-refractivity contribution is -0.139. The molecule has 0 bridgehead atoms. The lowest BCUT2D eigenvalue weighted by Crippen LogP contribution is -2.59. The summed E-state index contributed by atoms with van der Waals surface area (Å²) in [5.74, 6) is -0.263. The van der Waals surface area contributed by atoms with Gasteiger partial charge in [0.1, 0.15) is 11.7 Å². The van der Waals surface area contributed by atoms with Crippen molar-refractivity contribution in [1.29, 1.82) is 0 Å². The smallest absolute Gasteiger partial charge is 0.273 e. The molecule has 2 heterocycles. The van der Waals surface area contributed by atoms with Crippen LogP contribution in [0.15, 0.2) is 91.6 Å². The SMILES string of the molecule is C=CCN1CCN(C(=O)c2ccccn2)[C@@H](Cc2ccc(-c3ccccc3)cc2)C1=O. The van der Waals surface area contributed by atoms with Crippen LogP contribution in [0, 0.1) is 0 Å². The van der Waals surface area contributed by atoms with Gasteiger partial charge >= 0.3 is 0 Å². The Kier molecular flexibility index (Phi) is 6.22. The van der Waals surface area contributed by atoms with Crippen LogP contribution in [0.25, 0.3) is 11.1 Å². The maximum Gasteiger partial charge on any atom is 0.273 e. The van der Waals surface area contributed by atoms with Gasteiger partial charge in [-0.1, -0.05) is 66.7 Å². The molecule has 0 spiro atoms. The third kappa shape index (κ3) is 4.56. The van der Waals surface area contributed by atoms with Gasteiger partial charge in [-0.15, -0.1) is 6.58 Å². The number of amides is 2. The van der Waals surface area contributed by atoms with Gasteiger partial charge in [0.2, 0.25) is 5.91 Å². The van der Waals surface area contributed by atoms with Crippen LogP contribution in [0.5, 0.6) is 0 Å². The third-order valence-corrected chi connectivity index (χ3v) is 5.57. The number of hydrogen-bond acceptors (Lipinski definition) is 3. The summed E-state index contributed by atoms with van der Waals surface area (Å²) in [6, 6.07) is 23.0. The van der Waals surface area contributed by atoms with Crippen molar-refractivity contribution in [3.05, 3.63) is 103 Å². The van der Waals surface area contributed by atoms with Crippen LogP contribution < -0.4 is 0 Å². The van der Waals surface area contributed by atoms with Gasteiger partial charge in [0, 0.05) is 32.3 Å². The highest BCUT2D eigenvalue weighted by Gasteiger charge is 2.37. The molecule has 31 heavy (non-hydrogen) atoms. The molecule has 1 aromatic heterocycles. The summed E-state index contributed by atoms with van der Waals surface area (Å²) in [6.45, 7) is 5.20. The van der Waals surface area contributed by atoms with E-state index in [0.29, 0.717) is 31.7 Å². The molecular weight excluding hydrogens is 386 g/mol. The molecule has 1 aliphatic rings. The maximum atomic E-state index is 13.2. The predicted molar refractivity (Wildman–Crippen MR) is 121 cm³/mol. The van der Waals surface area contributed by atoms with Crippen molar-refractivity contribution >= 4 is 11.8 Å². The van der Waals surface area contributed by atoms with Gasteiger partial charge in [-0.05, 0) is 28.8 Å². The number of rotatable bonds is 6. The average Bonchev–Trinajstić information content (AvgIpc) is 2.83. The summed E-state index contributed by atoms with van der Waals surface area (Å²) in [5, 5.41) is 0. The van der Waals surface area contributed by atoms with Crippen molar-refractivity contribution in [2.75, 3.05) is 19.6 Å². The molecule has 0 aliphatic carbocycles. The molecule has 1 atom stereocenters. The van der Waals surface area contributed by atoms with Gasteiger partial charge in [0.25, 0.3) is 5.91 Å². The minimum Gasteiger partial charge on any atom is -0.335 e. The lowest BCUT2D eigenvalue weighted by Gasteiger charge is -2.40. The lowest BCUT2D eigenvalue weighted by atomic mass is 9.98. The second kappa shape index (κ2) is 9.39. The molecule has 2 aromatic carbocycles. The molecule has 2 amide bonds. The molecule has 0 radical (unpaired) electrons. The first kappa shape index (κ1) is 20.5. The largest absolute Gasteiger partial charge is 0.335 e. The second-order valence-electron chi connectivity index (χ2n) is 7.57. The standard InChI is InChI=1S/C26H25N3O2/c1-2-16-28-17-18-29(25(30)23-10-6-7-15-27-23)24(26(28)31)19-20-11-13-22(14-12-20)21-8-4-3-5-9-21/h2-15,24H,1,16-19H2/t24-/m0/s1. The number of nitrogens with zero attached hydrogens (tertiary/aromatic N) is 3. The van der Waals surface area contributed by atoms with Crippen molar-refractivity contribution in [3.8, 4) is 11.1 Å². The van der Waals surface area contributed by atoms with E-state index in [-0.39, 0.29) is 11.8 Å². The zero-order chi connectivity index (χ0) is 21.6. The topological polar surface area (TPSA) is 53.5 Å². The van der Waals surface area contributed by atoms with Crippen LogP contribution >= 0.6 is 0 Å². The zero-order valence-corrected chi connectivity index (χ0v) is 17.4. The zero-order valence-electron chi connectivity index (χ0n) is 17.4. The number of pyridine rings is 1. The third-order valence-electron chi connectivity index (χ3n) is 5.57. The minimum absolute atomic E-state index is 0.0532. The van der Waals surface area contributed by atoms with E-state index in [1.165, 1.54) is 0 Å². The quantitative estimate of drug-likeness (QED) is 0.580. The van der Waals surface area contributed by atoms with Gasteiger partial charge in [0.15, 0.2) is 0 Å². The first-order valence-corrected chi connectivity index (χ1v) is 10.4. The molecule has 0 saturated carbocycles. The molecule has 156 valence electrons. The van der Waals surface area contributed by atoms with Crippen molar-refractivity contribution < 1.29 is 9.59 Å². The van der Waals surface area contributed by atoms with Crippen molar-refractivity contribution in [2.45, 2.75) is 12.5 Å². The number of carbonyl (C=O) groups excluding carboxylic acids is 2. The normalized spacial score (nSPS) is 16.3. The first-order chi connectivity index (χ1) is 15.2. The van der Waals surface area contributed by atoms with Gasteiger partial charge in [-0.2, -0.15) is 0 Å². The van der Waals surface area contributed by atoms with E-state index in [1.807, 2.05) is 30.3 Å².